The zero-order chi connectivity index (χ0) is 31.0. The van der Waals surface area contributed by atoms with Crippen molar-refractivity contribution in [1.82, 2.24) is 49.2 Å². The Morgan fingerprint density at radius 3 is 1.80 bits per heavy atom. The molecule has 7 rings (SSSR count). The quantitative estimate of drug-likeness (QED) is 0.105. The summed E-state index contributed by atoms with van der Waals surface area (Å²) in [4.78, 5) is 48.0. The second-order valence-electron chi connectivity index (χ2n) is 10.2. The summed E-state index contributed by atoms with van der Waals surface area (Å²) in [6.45, 7) is -1.40. The van der Waals surface area contributed by atoms with E-state index in [0.29, 0.717) is 0 Å². The fourth-order valence-electron chi connectivity index (χ4n) is 5.45. The van der Waals surface area contributed by atoms with Crippen LogP contribution in [-0.4, -0.2) is 104 Å². The van der Waals surface area contributed by atoms with Gasteiger partial charge in [-0.05, 0) is 0 Å². The second-order valence-corrected chi connectivity index (χ2v) is 13.3. The number of hydrogen-bond acceptors (Lipinski definition) is 17. The number of aliphatic hydroxyl groups is 2. The number of fused-ring (bicyclic) bond motifs is 4. The Labute approximate surface area is 245 Å². The molecule has 0 bridgehead atoms. The fraction of sp³-hybridized carbons (Fsp3) is 0.500. The lowest BCUT2D eigenvalue weighted by molar-refractivity contribution is -0.206. The first-order valence-corrected chi connectivity index (χ1v) is 16.1. The van der Waals surface area contributed by atoms with Crippen LogP contribution in [0.5, 0.6) is 0 Å². The van der Waals surface area contributed by atoms with Crippen molar-refractivity contribution in [3.05, 3.63) is 25.3 Å². The van der Waals surface area contributed by atoms with E-state index >= 15 is 0 Å². The summed E-state index contributed by atoms with van der Waals surface area (Å²) in [6.07, 6.45) is -3.41. The van der Waals surface area contributed by atoms with Gasteiger partial charge in [0.2, 0.25) is 7.75 Å². The summed E-state index contributed by atoms with van der Waals surface area (Å²) >= 11 is 0. The molecule has 24 heteroatoms. The number of nitrogens with two attached hydrogens (primary N) is 2. The summed E-state index contributed by atoms with van der Waals surface area (Å²) in [5, 5.41) is 26.9. The van der Waals surface area contributed by atoms with E-state index in [1.165, 1.54) is 34.4 Å². The van der Waals surface area contributed by atoms with Crippen LogP contribution < -0.4 is 26.5 Å². The van der Waals surface area contributed by atoms with E-state index < -0.39 is 77.7 Å². The number of anilines is 2. The molecule has 44 heavy (non-hydrogen) atoms. The topological polar surface area (TPSA) is 318 Å². The van der Waals surface area contributed by atoms with E-state index in [0.717, 1.165) is 0 Å². The molecular formula is C20H25N12O10P2-. The largest absolute Gasteiger partial charge is 0.766 e. The Kier molecular flexibility index (Phi) is 7.16. The number of nitrogens with zero attached hydrogens (tertiary/aromatic N) is 8. The zero-order valence-electron chi connectivity index (χ0n) is 22.2. The molecule has 7 heterocycles. The van der Waals surface area contributed by atoms with Crippen LogP contribution in [0.25, 0.3) is 22.3 Å². The average molecular weight is 655 g/mol. The number of hydrogen-bond donors (Lipinski definition) is 7. The fourth-order valence-corrected chi connectivity index (χ4v) is 7.67. The van der Waals surface area contributed by atoms with Crippen molar-refractivity contribution in [2.45, 2.75) is 49.0 Å². The van der Waals surface area contributed by atoms with Crippen LogP contribution in [0.3, 0.4) is 0 Å². The van der Waals surface area contributed by atoms with E-state index in [9.17, 15) is 29.1 Å². The minimum atomic E-state index is -4.98. The monoisotopic (exact) mass is 655 g/mol. The molecule has 4 unspecified atom stereocenters. The number of rotatable bonds is 2. The number of imidazole rings is 2. The normalized spacial score (nSPS) is 38.3. The molecule has 0 aliphatic carbocycles. The molecule has 0 aromatic carbocycles. The van der Waals surface area contributed by atoms with Crippen molar-refractivity contribution in [3.63, 3.8) is 0 Å². The molecule has 0 saturated carbocycles. The van der Waals surface area contributed by atoms with Crippen LogP contribution in [0.1, 0.15) is 12.5 Å². The molecule has 0 amide bonds. The van der Waals surface area contributed by atoms with Gasteiger partial charge in [-0.1, -0.05) is 0 Å². The molecule has 10 atom stereocenters. The summed E-state index contributed by atoms with van der Waals surface area (Å²) in [5.41, 5.74) is 12.5. The van der Waals surface area contributed by atoms with Crippen LogP contribution in [0.2, 0.25) is 0 Å². The lowest BCUT2D eigenvalue weighted by Crippen LogP contribution is -2.49. The van der Waals surface area contributed by atoms with E-state index in [2.05, 4.69) is 40.1 Å². The first-order valence-electron chi connectivity index (χ1n) is 12.9. The van der Waals surface area contributed by atoms with Crippen LogP contribution in [0.15, 0.2) is 25.3 Å². The molecule has 4 aromatic heterocycles. The van der Waals surface area contributed by atoms with Crippen molar-refractivity contribution in [1.29, 1.82) is 0 Å². The molecule has 236 valence electrons. The summed E-state index contributed by atoms with van der Waals surface area (Å²) in [5.74, 6) is 0.131. The number of nitrogens with one attached hydrogen (secondary N) is 2. The number of nitrogen functional groups attached to an aromatic ring is 2. The van der Waals surface area contributed by atoms with Gasteiger partial charge in [-0.25, -0.2) is 44.6 Å². The molecule has 4 aromatic rings. The maximum absolute atomic E-state index is 13.2. The highest BCUT2D eigenvalue weighted by Gasteiger charge is 2.51. The first-order chi connectivity index (χ1) is 20.9. The summed E-state index contributed by atoms with van der Waals surface area (Å²) < 4.78 is 51.1. The highest BCUT2D eigenvalue weighted by Crippen LogP contribution is 2.46. The van der Waals surface area contributed by atoms with Crippen molar-refractivity contribution >= 4 is 49.5 Å². The molecule has 9 N–H and O–H groups in total. The van der Waals surface area contributed by atoms with Gasteiger partial charge in [-0.2, -0.15) is 0 Å². The van der Waals surface area contributed by atoms with Crippen molar-refractivity contribution in [2.75, 3.05) is 24.7 Å². The Bertz CT molecular complexity index is 1690. The van der Waals surface area contributed by atoms with Gasteiger partial charge in [0, 0.05) is 0 Å². The summed E-state index contributed by atoms with van der Waals surface area (Å²) in [6, 6.07) is -2.80. The molecule has 0 radical (unpaired) electrons. The Balaban J connectivity index is 1.17. The molecule has 22 nitrogen and oxygen atoms in total. The van der Waals surface area contributed by atoms with Gasteiger partial charge in [-0.15, -0.1) is 0 Å². The maximum atomic E-state index is 13.2. The van der Waals surface area contributed by atoms with Crippen LogP contribution in [0.4, 0.5) is 11.6 Å². The predicted molar refractivity (Wildman–Crippen MR) is 142 cm³/mol. The van der Waals surface area contributed by atoms with Gasteiger partial charge in [-0.3, -0.25) is 18.2 Å². The molecule has 3 fully saturated rings. The first kappa shape index (κ1) is 29.5. The second kappa shape index (κ2) is 10.7. The standard InChI is InChI=1S/C20H26N12O10P2/c21-15-11-17(25-3-23-15)31(5-27-11)19-13(33)9-7(41-19)1-39-43(35,36)30-10-8(2-40-44(37,38)29-9)42-20(14(10)34)32-6-28-12-16(22)24-4-26-18(12)32/h3-10,13-14,19-20,33-34H,1-2H2,(H2,21,23,25)(H2,22,24,26)(H2,29,37,38)(H2,30,35,36)/p-1/t7-,8-,9+,10+,13?,14?,19-,20-/m1/s1. The van der Waals surface area contributed by atoms with Gasteiger partial charge in [0.05, 0.1) is 38.0 Å². The van der Waals surface area contributed by atoms with Gasteiger partial charge in [0.1, 0.15) is 48.1 Å². The minimum Gasteiger partial charge on any atom is -0.766 e. The third kappa shape index (κ3) is 5.04. The lowest BCUT2D eigenvalue weighted by Gasteiger charge is -2.33. The minimum absolute atomic E-state index is 0.0646. The third-order valence-electron chi connectivity index (χ3n) is 7.51. The van der Waals surface area contributed by atoms with Gasteiger partial charge in [0.15, 0.2) is 35.4 Å². The average Bonchev–Trinajstić information content (AvgIpc) is 3.73. The van der Waals surface area contributed by atoms with Gasteiger partial charge >= 0.3 is 7.75 Å². The molecule has 3 aliphatic heterocycles. The zero-order valence-corrected chi connectivity index (χ0v) is 24.0. The highest BCUT2D eigenvalue weighted by atomic mass is 31.2. The predicted octanol–water partition coefficient (Wildman–Crippen LogP) is -3.12. The number of aliphatic hydroxyl groups excluding tert-OH is 2. The summed E-state index contributed by atoms with van der Waals surface area (Å²) in [7, 11) is -9.72. The SMILES string of the molecule is Nc1ncnc2c1ncn2[C@@H]1O[C@@H]2COP(=O)(O)N[C@@H]3C(O)[C@H](n4cnc5c(N)ncnc54)O[C@@H]3COP(=O)([O-])N[C@@H]2C1O. The van der Waals surface area contributed by atoms with Crippen LogP contribution in [-0.2, 0) is 27.7 Å². The highest BCUT2D eigenvalue weighted by molar-refractivity contribution is 7.50. The molecule has 3 aliphatic rings. The van der Waals surface area contributed by atoms with Crippen LogP contribution in [0, 0.1) is 0 Å². The van der Waals surface area contributed by atoms with E-state index in [1.54, 1.807) is 0 Å². The van der Waals surface area contributed by atoms with E-state index in [1.807, 2.05) is 0 Å². The number of aromatic nitrogens is 8. The van der Waals surface area contributed by atoms with Crippen LogP contribution >= 0.6 is 15.5 Å². The number of ether oxygens (including phenoxy) is 2. The van der Waals surface area contributed by atoms with Gasteiger partial charge < -0.3 is 45.5 Å². The lowest BCUT2D eigenvalue weighted by atomic mass is 10.1. The Morgan fingerprint density at radius 2 is 1.27 bits per heavy atom. The van der Waals surface area contributed by atoms with E-state index in [-0.39, 0.29) is 34.0 Å². The van der Waals surface area contributed by atoms with Crippen molar-refractivity contribution in [2.24, 2.45) is 0 Å². The van der Waals surface area contributed by atoms with Crippen molar-refractivity contribution in [3.8, 4) is 0 Å². The Morgan fingerprint density at radius 1 is 0.795 bits per heavy atom. The van der Waals surface area contributed by atoms with Crippen molar-refractivity contribution < 1.29 is 47.7 Å². The molecule has 0 spiro atoms. The third-order valence-corrected chi connectivity index (χ3v) is 9.74. The Hall–Kier alpha value is -3.24. The smallest absolute Gasteiger partial charge is 0.403 e. The van der Waals surface area contributed by atoms with Gasteiger partial charge in [0.25, 0.3) is 0 Å². The maximum Gasteiger partial charge on any atom is 0.403 e. The van der Waals surface area contributed by atoms with E-state index in [4.69, 9.17) is 30.0 Å². The molecular weight excluding hydrogens is 630 g/mol. The molecule has 3 saturated heterocycles.